The highest BCUT2D eigenvalue weighted by molar-refractivity contribution is 5.77. The van der Waals surface area contributed by atoms with E-state index in [1.807, 2.05) is 0 Å². The zero-order valence-electron chi connectivity index (χ0n) is 9.83. The zero-order chi connectivity index (χ0) is 13.9. The second-order valence-corrected chi connectivity index (χ2v) is 4.21. The summed E-state index contributed by atoms with van der Waals surface area (Å²) in [5.74, 6) is -3.04. The highest BCUT2D eigenvalue weighted by Crippen LogP contribution is 2.34. The summed E-state index contributed by atoms with van der Waals surface area (Å²) in [6.45, 7) is 1.32. The minimum absolute atomic E-state index is 0.0234. The molecule has 100 valence electrons. The summed E-state index contributed by atoms with van der Waals surface area (Å²) in [5, 5.41) is 36.9. The Morgan fingerprint density at radius 2 is 1.72 bits per heavy atom. The first-order valence-corrected chi connectivity index (χ1v) is 5.34. The molecule has 1 rings (SSSR count). The Balaban J connectivity index is 3.01. The number of carboxylic acid groups (broad SMARTS) is 2. The van der Waals surface area contributed by atoms with Crippen molar-refractivity contribution in [3.8, 4) is 11.8 Å². The predicted molar refractivity (Wildman–Crippen MR) is 60.5 cm³/mol. The van der Waals surface area contributed by atoms with Crippen LogP contribution >= 0.6 is 0 Å². The SMILES string of the molecule is CC(CCCC(=O)O)(C(=O)O)n1c(O)ccc1O. The fourth-order valence-electron chi connectivity index (χ4n) is 1.82. The van der Waals surface area contributed by atoms with Crippen molar-refractivity contribution in [2.24, 2.45) is 0 Å². The third kappa shape index (κ3) is 2.55. The Kier molecular flexibility index (Phi) is 3.85. The van der Waals surface area contributed by atoms with E-state index in [0.717, 1.165) is 4.57 Å². The average Bonchev–Trinajstić information content (AvgIpc) is 2.57. The van der Waals surface area contributed by atoms with Gasteiger partial charge in [0.1, 0.15) is 5.54 Å². The van der Waals surface area contributed by atoms with E-state index in [4.69, 9.17) is 5.11 Å². The molecule has 0 saturated carbocycles. The van der Waals surface area contributed by atoms with Crippen LogP contribution in [0.1, 0.15) is 26.2 Å². The van der Waals surface area contributed by atoms with E-state index in [-0.39, 0.29) is 31.0 Å². The monoisotopic (exact) mass is 257 g/mol. The van der Waals surface area contributed by atoms with Crippen LogP contribution < -0.4 is 0 Å². The Morgan fingerprint density at radius 3 is 2.11 bits per heavy atom. The van der Waals surface area contributed by atoms with E-state index in [1.165, 1.54) is 19.1 Å². The lowest BCUT2D eigenvalue weighted by atomic mass is 9.94. The van der Waals surface area contributed by atoms with Gasteiger partial charge >= 0.3 is 11.9 Å². The van der Waals surface area contributed by atoms with E-state index >= 15 is 0 Å². The topological polar surface area (TPSA) is 120 Å². The van der Waals surface area contributed by atoms with Crippen molar-refractivity contribution in [1.82, 2.24) is 4.57 Å². The van der Waals surface area contributed by atoms with Crippen molar-refractivity contribution in [2.75, 3.05) is 0 Å². The predicted octanol–water partition coefficient (Wildman–Crippen LogP) is 0.954. The van der Waals surface area contributed by atoms with Gasteiger partial charge in [-0.15, -0.1) is 0 Å². The molecule has 0 fully saturated rings. The summed E-state index contributed by atoms with van der Waals surface area (Å²) in [6, 6.07) is 2.35. The van der Waals surface area contributed by atoms with Crippen LogP contribution in [0.25, 0.3) is 0 Å². The number of hydrogen-bond donors (Lipinski definition) is 4. The van der Waals surface area contributed by atoms with Crippen LogP contribution in [0.3, 0.4) is 0 Å². The second-order valence-electron chi connectivity index (χ2n) is 4.21. The van der Waals surface area contributed by atoms with Gasteiger partial charge in [-0.3, -0.25) is 9.36 Å². The average molecular weight is 257 g/mol. The number of hydrogen-bond acceptors (Lipinski definition) is 4. The molecule has 0 aromatic carbocycles. The molecule has 1 aromatic heterocycles. The fraction of sp³-hybridized carbons (Fsp3) is 0.455. The van der Waals surface area contributed by atoms with E-state index < -0.39 is 17.5 Å². The van der Waals surface area contributed by atoms with Gasteiger partial charge in [-0.1, -0.05) is 0 Å². The van der Waals surface area contributed by atoms with E-state index in [1.54, 1.807) is 0 Å². The van der Waals surface area contributed by atoms with Gasteiger partial charge in [-0.05, 0) is 19.8 Å². The largest absolute Gasteiger partial charge is 0.494 e. The minimum atomic E-state index is -1.59. The van der Waals surface area contributed by atoms with Gasteiger partial charge in [0.2, 0.25) is 0 Å². The molecule has 0 radical (unpaired) electrons. The number of carboxylic acids is 2. The van der Waals surface area contributed by atoms with Crippen molar-refractivity contribution < 1.29 is 30.0 Å². The summed E-state index contributed by atoms with van der Waals surface area (Å²) < 4.78 is 0.872. The normalized spacial score (nSPS) is 14.1. The van der Waals surface area contributed by atoms with Crippen LogP contribution in [0.2, 0.25) is 0 Å². The van der Waals surface area contributed by atoms with Gasteiger partial charge in [0, 0.05) is 18.6 Å². The number of nitrogens with zero attached hydrogens (tertiary/aromatic N) is 1. The van der Waals surface area contributed by atoms with E-state index in [2.05, 4.69) is 0 Å². The molecule has 0 aliphatic heterocycles. The third-order valence-corrected chi connectivity index (χ3v) is 2.85. The van der Waals surface area contributed by atoms with Gasteiger partial charge in [0.15, 0.2) is 11.8 Å². The molecule has 0 saturated heterocycles. The van der Waals surface area contributed by atoms with E-state index in [0.29, 0.717) is 0 Å². The standard InChI is InChI=1S/C11H15NO6/c1-11(10(17)18,6-2-3-9(15)16)12-7(13)4-5-8(12)14/h4-5,13-14H,2-3,6H2,1H3,(H,15,16)(H,17,18). The lowest BCUT2D eigenvalue weighted by Crippen LogP contribution is -2.38. The Hall–Kier alpha value is -2.18. The third-order valence-electron chi connectivity index (χ3n) is 2.85. The van der Waals surface area contributed by atoms with Gasteiger partial charge in [-0.2, -0.15) is 0 Å². The molecule has 4 N–H and O–H groups in total. The first-order chi connectivity index (χ1) is 8.29. The van der Waals surface area contributed by atoms with Crippen LogP contribution in [0.5, 0.6) is 11.8 Å². The minimum Gasteiger partial charge on any atom is -0.494 e. The first kappa shape index (κ1) is 13.9. The molecule has 18 heavy (non-hydrogen) atoms. The number of aliphatic carboxylic acids is 2. The highest BCUT2D eigenvalue weighted by atomic mass is 16.4. The van der Waals surface area contributed by atoms with E-state index in [9.17, 15) is 24.9 Å². The Morgan fingerprint density at radius 1 is 1.22 bits per heavy atom. The molecule has 0 bridgehead atoms. The van der Waals surface area contributed by atoms with Crippen LogP contribution in [0.4, 0.5) is 0 Å². The summed E-state index contributed by atoms with van der Waals surface area (Å²) >= 11 is 0. The molecule has 7 heteroatoms. The van der Waals surface area contributed by atoms with Crippen molar-refractivity contribution in [1.29, 1.82) is 0 Å². The number of carbonyl (C=O) groups is 2. The lowest BCUT2D eigenvalue weighted by molar-refractivity contribution is -0.148. The number of aromatic hydroxyl groups is 2. The van der Waals surface area contributed by atoms with Crippen LogP contribution in [0.15, 0.2) is 12.1 Å². The van der Waals surface area contributed by atoms with Crippen molar-refractivity contribution in [3.63, 3.8) is 0 Å². The molecule has 0 spiro atoms. The maximum absolute atomic E-state index is 11.3. The Labute approximate surface area is 103 Å². The summed E-state index contributed by atoms with van der Waals surface area (Å²) in [6.07, 6.45) is -0.0781. The summed E-state index contributed by atoms with van der Waals surface area (Å²) in [4.78, 5) is 21.7. The number of aromatic nitrogens is 1. The quantitative estimate of drug-likeness (QED) is 0.602. The smallest absolute Gasteiger partial charge is 0.329 e. The van der Waals surface area contributed by atoms with Gasteiger partial charge in [-0.25, -0.2) is 4.79 Å². The maximum atomic E-state index is 11.3. The molecular formula is C11H15NO6. The van der Waals surface area contributed by atoms with Crippen LogP contribution in [-0.2, 0) is 15.1 Å². The fourth-order valence-corrected chi connectivity index (χ4v) is 1.82. The summed E-state index contributed by atoms with van der Waals surface area (Å²) in [7, 11) is 0. The van der Waals surface area contributed by atoms with Crippen LogP contribution in [-0.4, -0.2) is 36.9 Å². The molecule has 7 nitrogen and oxygen atoms in total. The molecule has 1 unspecified atom stereocenters. The molecule has 1 atom stereocenters. The zero-order valence-corrected chi connectivity index (χ0v) is 9.83. The Bertz CT molecular complexity index is 447. The molecular weight excluding hydrogens is 242 g/mol. The molecule has 0 amide bonds. The van der Waals surface area contributed by atoms with Gasteiger partial charge < -0.3 is 20.4 Å². The molecule has 1 aromatic rings. The molecule has 0 aliphatic carbocycles. The maximum Gasteiger partial charge on any atom is 0.329 e. The summed E-state index contributed by atoms with van der Waals surface area (Å²) in [5.41, 5.74) is -1.59. The van der Waals surface area contributed by atoms with Gasteiger partial charge in [0.05, 0.1) is 0 Å². The second kappa shape index (κ2) is 4.99. The van der Waals surface area contributed by atoms with Crippen molar-refractivity contribution in [2.45, 2.75) is 31.7 Å². The highest BCUT2D eigenvalue weighted by Gasteiger charge is 2.38. The van der Waals surface area contributed by atoms with Gasteiger partial charge in [0.25, 0.3) is 0 Å². The van der Waals surface area contributed by atoms with Crippen molar-refractivity contribution in [3.05, 3.63) is 12.1 Å². The molecule has 1 heterocycles. The number of rotatable bonds is 6. The first-order valence-electron chi connectivity index (χ1n) is 5.34. The van der Waals surface area contributed by atoms with Crippen molar-refractivity contribution >= 4 is 11.9 Å². The molecule has 0 aliphatic rings. The van der Waals surface area contributed by atoms with Crippen LogP contribution in [0, 0.1) is 0 Å². The lowest BCUT2D eigenvalue weighted by Gasteiger charge is -2.27.